The molecule has 0 saturated carbocycles. The topological polar surface area (TPSA) is 67.2 Å². The molecule has 5 nitrogen and oxygen atoms in total. The summed E-state index contributed by atoms with van der Waals surface area (Å²) in [5, 5.41) is 16.6. The third kappa shape index (κ3) is 3.48. The molecule has 0 bridgehead atoms. The Morgan fingerprint density at radius 1 is 1.50 bits per heavy atom. The third-order valence-electron chi connectivity index (χ3n) is 3.06. The number of hydrogen-bond acceptors (Lipinski definition) is 3. The minimum Gasteiger partial charge on any atom is -0.477 e. The van der Waals surface area contributed by atoms with Crippen LogP contribution in [0, 0.1) is 6.92 Å². The fourth-order valence-electron chi connectivity index (χ4n) is 2.09. The molecule has 0 aliphatic rings. The number of nitrogens with one attached hydrogen (secondary N) is 1. The molecule has 0 fully saturated rings. The highest BCUT2D eigenvalue weighted by Gasteiger charge is 2.20. The minimum atomic E-state index is -0.927. The van der Waals surface area contributed by atoms with E-state index in [0.29, 0.717) is 11.5 Å². The fraction of sp³-hybridized carbons (Fsp3) is 0.692. The highest BCUT2D eigenvalue weighted by Crippen LogP contribution is 2.20. The predicted octanol–water partition coefficient (Wildman–Crippen LogP) is 2.81. The van der Waals surface area contributed by atoms with Crippen LogP contribution in [0.1, 0.15) is 55.6 Å². The molecule has 1 aromatic heterocycles. The number of carbonyl (C=O) groups is 1. The van der Waals surface area contributed by atoms with E-state index in [1.54, 1.807) is 18.7 Å². The Bertz CT molecular complexity index is 413. The van der Waals surface area contributed by atoms with Crippen LogP contribution < -0.4 is 5.32 Å². The summed E-state index contributed by atoms with van der Waals surface area (Å²) in [6, 6.07) is 0.254. The van der Waals surface area contributed by atoms with Gasteiger partial charge in [-0.3, -0.25) is 4.68 Å². The van der Waals surface area contributed by atoms with Crippen LogP contribution in [0.3, 0.4) is 0 Å². The highest BCUT2D eigenvalue weighted by molar-refractivity contribution is 5.94. The molecule has 1 aromatic rings. The van der Waals surface area contributed by atoms with Gasteiger partial charge < -0.3 is 10.4 Å². The van der Waals surface area contributed by atoms with Crippen molar-refractivity contribution in [2.75, 3.05) is 5.32 Å². The number of carboxylic acids is 1. The second-order valence-corrected chi connectivity index (χ2v) is 4.78. The van der Waals surface area contributed by atoms with E-state index in [2.05, 4.69) is 24.3 Å². The predicted molar refractivity (Wildman–Crippen MR) is 72.1 cm³/mol. The van der Waals surface area contributed by atoms with Crippen molar-refractivity contribution in [3.63, 3.8) is 0 Å². The Morgan fingerprint density at radius 3 is 2.72 bits per heavy atom. The third-order valence-corrected chi connectivity index (χ3v) is 3.06. The summed E-state index contributed by atoms with van der Waals surface area (Å²) in [6.07, 6.45) is 4.60. The normalized spacial score (nSPS) is 12.4. The number of rotatable bonds is 7. The SMILES string of the molecule is CCCCCC(C)Nc1c(C(=O)O)c(C)nn1C. The summed E-state index contributed by atoms with van der Waals surface area (Å²) < 4.78 is 1.61. The van der Waals surface area contributed by atoms with Crippen LogP contribution in [0.25, 0.3) is 0 Å². The van der Waals surface area contributed by atoms with Gasteiger partial charge in [-0.1, -0.05) is 26.2 Å². The van der Waals surface area contributed by atoms with Crippen molar-refractivity contribution >= 4 is 11.8 Å². The molecule has 102 valence electrons. The Labute approximate surface area is 108 Å². The van der Waals surface area contributed by atoms with Gasteiger partial charge in [-0.25, -0.2) is 4.79 Å². The molecule has 1 unspecified atom stereocenters. The van der Waals surface area contributed by atoms with Crippen LogP contribution >= 0.6 is 0 Å². The molecule has 18 heavy (non-hydrogen) atoms. The number of aromatic nitrogens is 2. The molecule has 0 aliphatic carbocycles. The zero-order valence-corrected chi connectivity index (χ0v) is 11.7. The molecule has 0 saturated heterocycles. The van der Waals surface area contributed by atoms with E-state index >= 15 is 0 Å². The van der Waals surface area contributed by atoms with Crippen LogP contribution in [0.5, 0.6) is 0 Å². The van der Waals surface area contributed by atoms with E-state index in [4.69, 9.17) is 0 Å². The Hall–Kier alpha value is -1.52. The van der Waals surface area contributed by atoms with Gasteiger partial charge in [0.25, 0.3) is 0 Å². The molecule has 2 N–H and O–H groups in total. The molecule has 0 radical (unpaired) electrons. The number of hydrogen-bond donors (Lipinski definition) is 2. The first-order valence-corrected chi connectivity index (χ1v) is 6.50. The van der Waals surface area contributed by atoms with Crippen molar-refractivity contribution in [3.05, 3.63) is 11.3 Å². The maximum atomic E-state index is 11.2. The van der Waals surface area contributed by atoms with Crippen molar-refractivity contribution in [2.24, 2.45) is 7.05 Å². The van der Waals surface area contributed by atoms with Crippen molar-refractivity contribution < 1.29 is 9.90 Å². The summed E-state index contributed by atoms with van der Waals surface area (Å²) >= 11 is 0. The zero-order chi connectivity index (χ0) is 13.7. The first-order chi connectivity index (χ1) is 8.47. The van der Waals surface area contributed by atoms with Crippen LogP contribution in [-0.2, 0) is 7.05 Å². The lowest BCUT2D eigenvalue weighted by Crippen LogP contribution is -2.19. The van der Waals surface area contributed by atoms with Crippen molar-refractivity contribution in [2.45, 2.75) is 52.5 Å². The quantitative estimate of drug-likeness (QED) is 0.733. The van der Waals surface area contributed by atoms with Gasteiger partial charge in [-0.15, -0.1) is 0 Å². The summed E-state index contributed by atoms with van der Waals surface area (Å²) in [5.74, 6) is -0.326. The van der Waals surface area contributed by atoms with E-state index in [0.717, 1.165) is 12.8 Å². The van der Waals surface area contributed by atoms with Crippen molar-refractivity contribution in [3.8, 4) is 0 Å². The highest BCUT2D eigenvalue weighted by atomic mass is 16.4. The number of nitrogens with zero attached hydrogens (tertiary/aromatic N) is 2. The molecule has 0 amide bonds. The number of aryl methyl sites for hydroxylation is 2. The zero-order valence-electron chi connectivity index (χ0n) is 11.7. The summed E-state index contributed by atoms with van der Waals surface area (Å²) in [4.78, 5) is 11.2. The van der Waals surface area contributed by atoms with Crippen LogP contribution in [0.4, 0.5) is 5.82 Å². The minimum absolute atomic E-state index is 0.254. The molecular formula is C13H23N3O2. The van der Waals surface area contributed by atoms with Gasteiger partial charge in [0, 0.05) is 13.1 Å². The lowest BCUT2D eigenvalue weighted by atomic mass is 10.1. The lowest BCUT2D eigenvalue weighted by molar-refractivity contribution is 0.0697. The number of unbranched alkanes of at least 4 members (excludes halogenated alkanes) is 2. The van der Waals surface area contributed by atoms with E-state index in [1.165, 1.54) is 12.8 Å². The number of anilines is 1. The maximum absolute atomic E-state index is 11.2. The second-order valence-electron chi connectivity index (χ2n) is 4.78. The van der Waals surface area contributed by atoms with Gasteiger partial charge >= 0.3 is 5.97 Å². The largest absolute Gasteiger partial charge is 0.477 e. The molecule has 1 heterocycles. The van der Waals surface area contributed by atoms with Gasteiger partial charge in [0.15, 0.2) is 0 Å². The van der Waals surface area contributed by atoms with E-state index in [1.807, 2.05) is 0 Å². The molecule has 0 spiro atoms. The van der Waals surface area contributed by atoms with Gasteiger partial charge in [0.05, 0.1) is 5.69 Å². The van der Waals surface area contributed by atoms with Crippen LogP contribution in [-0.4, -0.2) is 26.9 Å². The summed E-state index contributed by atoms with van der Waals surface area (Å²) in [6.45, 7) is 5.96. The fourth-order valence-corrected chi connectivity index (χ4v) is 2.09. The summed E-state index contributed by atoms with van der Waals surface area (Å²) in [7, 11) is 1.76. The Morgan fingerprint density at radius 2 is 2.17 bits per heavy atom. The molecule has 5 heteroatoms. The molecule has 0 aromatic carbocycles. The smallest absolute Gasteiger partial charge is 0.341 e. The average Bonchev–Trinajstić information content (AvgIpc) is 2.54. The second kappa shape index (κ2) is 6.42. The standard InChI is InChI=1S/C13H23N3O2/c1-5-6-7-8-9(2)14-12-11(13(17)18)10(3)15-16(12)4/h9,14H,5-8H2,1-4H3,(H,17,18). The van der Waals surface area contributed by atoms with Crippen molar-refractivity contribution in [1.82, 2.24) is 9.78 Å². The van der Waals surface area contributed by atoms with Gasteiger partial charge in [-0.2, -0.15) is 5.10 Å². The first-order valence-electron chi connectivity index (χ1n) is 6.50. The van der Waals surface area contributed by atoms with Crippen molar-refractivity contribution in [1.29, 1.82) is 0 Å². The van der Waals surface area contributed by atoms with Crippen LogP contribution in [0.2, 0.25) is 0 Å². The number of carboxylic acid groups (broad SMARTS) is 1. The lowest BCUT2D eigenvalue weighted by Gasteiger charge is -2.15. The van der Waals surface area contributed by atoms with Gasteiger partial charge in [-0.05, 0) is 20.3 Å². The van der Waals surface area contributed by atoms with Gasteiger partial charge in [0.1, 0.15) is 11.4 Å². The molecular weight excluding hydrogens is 230 g/mol. The average molecular weight is 253 g/mol. The summed E-state index contributed by atoms with van der Waals surface area (Å²) in [5.41, 5.74) is 0.827. The van der Waals surface area contributed by atoms with E-state index in [-0.39, 0.29) is 11.6 Å². The van der Waals surface area contributed by atoms with Gasteiger partial charge in [0.2, 0.25) is 0 Å². The molecule has 0 aliphatic heterocycles. The molecule has 1 rings (SSSR count). The Kier molecular flexibility index (Phi) is 5.19. The van der Waals surface area contributed by atoms with E-state index in [9.17, 15) is 9.90 Å². The van der Waals surface area contributed by atoms with Crippen LogP contribution in [0.15, 0.2) is 0 Å². The Balaban J connectivity index is 2.74. The molecule has 1 atom stereocenters. The first kappa shape index (κ1) is 14.5. The van der Waals surface area contributed by atoms with E-state index < -0.39 is 5.97 Å². The maximum Gasteiger partial charge on any atom is 0.341 e. The monoisotopic (exact) mass is 253 g/mol. The number of aromatic carboxylic acids is 1.